The van der Waals surface area contributed by atoms with Crippen LogP contribution in [0.25, 0.3) is 15.9 Å². The number of hydrogen-bond donors (Lipinski definition) is 0. The molecule has 0 saturated heterocycles. The van der Waals surface area contributed by atoms with Crippen molar-refractivity contribution in [3.05, 3.63) is 45.1 Å². The third kappa shape index (κ3) is 4.16. The van der Waals surface area contributed by atoms with Crippen LogP contribution in [0, 0.1) is 0 Å². The van der Waals surface area contributed by atoms with E-state index in [0.717, 1.165) is 36.6 Å². The van der Waals surface area contributed by atoms with Crippen molar-refractivity contribution in [2.24, 2.45) is 0 Å². The highest BCUT2D eigenvalue weighted by Crippen LogP contribution is 2.36. The van der Waals surface area contributed by atoms with Gasteiger partial charge in [0, 0.05) is 10.6 Å². The lowest BCUT2D eigenvalue weighted by Gasteiger charge is -2.13. The number of thioether (sulfide) groups is 1. The summed E-state index contributed by atoms with van der Waals surface area (Å²) < 4.78 is 44.8. The van der Waals surface area contributed by atoms with Gasteiger partial charge in [0.25, 0.3) is 5.56 Å². The molecule has 0 fully saturated rings. The van der Waals surface area contributed by atoms with E-state index < -0.39 is 12.6 Å². The van der Waals surface area contributed by atoms with Gasteiger partial charge in [-0.25, -0.2) is 4.98 Å². The summed E-state index contributed by atoms with van der Waals surface area (Å²) in [5.41, 5.74) is 1.41. The summed E-state index contributed by atoms with van der Waals surface area (Å²) in [5.74, 6) is 0.477. The van der Waals surface area contributed by atoms with Crippen molar-refractivity contribution in [1.29, 1.82) is 0 Å². The van der Waals surface area contributed by atoms with Gasteiger partial charge < -0.3 is 4.74 Å². The van der Waals surface area contributed by atoms with E-state index in [9.17, 15) is 18.0 Å². The van der Waals surface area contributed by atoms with Gasteiger partial charge in [-0.3, -0.25) is 9.36 Å². The number of hydrogen-bond acceptors (Lipinski definition) is 5. The van der Waals surface area contributed by atoms with E-state index >= 15 is 0 Å². The number of fused-ring (bicyclic) bond motifs is 3. The molecule has 0 saturated carbocycles. The Morgan fingerprint density at radius 3 is 2.69 bits per heavy atom. The van der Waals surface area contributed by atoms with Crippen molar-refractivity contribution in [3.8, 4) is 11.4 Å². The van der Waals surface area contributed by atoms with E-state index in [4.69, 9.17) is 4.74 Å². The second kappa shape index (κ2) is 8.02. The molecular formula is C20H19F3N2O2S2. The molecule has 3 aromatic rings. The molecule has 4 rings (SSSR count). The summed E-state index contributed by atoms with van der Waals surface area (Å²) in [4.78, 5) is 19.8. The average Bonchev–Trinajstić information content (AvgIpc) is 3.23. The standard InChI is InChI=1S/C20H19F3N2O2S2/c1-2-27-13-8-6-12(7-9-13)25-18(26)16-14-4-3-5-15(14)29-17(16)24-19(25)28-11-10-20(21,22)23/h6-9H,2-5,10-11H2,1H3. The maximum atomic E-state index is 13.4. The molecule has 9 heteroatoms. The molecule has 1 aromatic carbocycles. The largest absolute Gasteiger partial charge is 0.494 e. The number of thiophene rings is 1. The average molecular weight is 441 g/mol. The molecule has 2 heterocycles. The van der Waals surface area contributed by atoms with E-state index in [2.05, 4.69) is 4.98 Å². The first-order valence-corrected chi connectivity index (χ1v) is 11.2. The molecule has 2 aromatic heterocycles. The summed E-state index contributed by atoms with van der Waals surface area (Å²) in [5, 5.41) is 0.896. The summed E-state index contributed by atoms with van der Waals surface area (Å²) in [6.45, 7) is 2.40. The van der Waals surface area contributed by atoms with Gasteiger partial charge in [0.1, 0.15) is 10.6 Å². The van der Waals surface area contributed by atoms with Crippen molar-refractivity contribution >= 4 is 33.3 Å². The van der Waals surface area contributed by atoms with Crippen LogP contribution in [0.15, 0.2) is 34.2 Å². The van der Waals surface area contributed by atoms with Gasteiger partial charge in [-0.1, -0.05) is 11.8 Å². The van der Waals surface area contributed by atoms with Crippen LogP contribution in [-0.4, -0.2) is 28.1 Å². The lowest BCUT2D eigenvalue weighted by molar-refractivity contribution is -0.129. The molecule has 1 aliphatic rings. The summed E-state index contributed by atoms with van der Waals surface area (Å²) in [7, 11) is 0. The molecule has 0 spiro atoms. The Kier molecular flexibility index (Phi) is 5.61. The van der Waals surface area contributed by atoms with E-state index in [1.165, 1.54) is 20.8 Å². The first-order valence-electron chi connectivity index (χ1n) is 9.37. The van der Waals surface area contributed by atoms with Gasteiger partial charge in [-0.15, -0.1) is 11.3 Å². The minimum atomic E-state index is -4.24. The Bertz CT molecular complexity index is 1090. The SMILES string of the molecule is CCOc1ccc(-n2c(SCCC(F)(F)F)nc3sc4c(c3c2=O)CCC4)cc1. The lowest BCUT2D eigenvalue weighted by atomic mass is 10.2. The van der Waals surface area contributed by atoms with Gasteiger partial charge in [0.15, 0.2) is 5.16 Å². The molecule has 0 unspecified atom stereocenters. The van der Waals surface area contributed by atoms with Gasteiger partial charge >= 0.3 is 6.18 Å². The lowest BCUT2D eigenvalue weighted by Crippen LogP contribution is -2.22. The molecule has 154 valence electrons. The van der Waals surface area contributed by atoms with Gasteiger partial charge in [-0.05, 0) is 56.0 Å². The molecule has 29 heavy (non-hydrogen) atoms. The van der Waals surface area contributed by atoms with Crippen molar-refractivity contribution in [2.75, 3.05) is 12.4 Å². The van der Waals surface area contributed by atoms with Crippen LogP contribution in [0.5, 0.6) is 5.75 Å². The predicted molar refractivity (Wildman–Crippen MR) is 110 cm³/mol. The molecule has 0 aliphatic heterocycles. The number of rotatable bonds is 6. The van der Waals surface area contributed by atoms with Gasteiger partial charge in [0.2, 0.25) is 0 Å². The maximum absolute atomic E-state index is 13.4. The number of aromatic nitrogens is 2. The molecular weight excluding hydrogens is 421 g/mol. The highest BCUT2D eigenvalue weighted by Gasteiger charge is 2.28. The minimum Gasteiger partial charge on any atom is -0.494 e. The third-order valence-electron chi connectivity index (χ3n) is 4.73. The van der Waals surface area contributed by atoms with Gasteiger partial charge in [-0.2, -0.15) is 13.2 Å². The maximum Gasteiger partial charge on any atom is 0.389 e. The van der Waals surface area contributed by atoms with E-state index in [1.54, 1.807) is 24.3 Å². The van der Waals surface area contributed by atoms with Crippen LogP contribution in [0.4, 0.5) is 13.2 Å². The first kappa shape index (κ1) is 20.3. The minimum absolute atomic E-state index is 0.191. The molecule has 0 amide bonds. The second-order valence-electron chi connectivity index (χ2n) is 6.71. The third-order valence-corrected chi connectivity index (χ3v) is 6.86. The molecule has 0 N–H and O–H groups in total. The monoisotopic (exact) mass is 440 g/mol. The van der Waals surface area contributed by atoms with Crippen molar-refractivity contribution < 1.29 is 17.9 Å². The Morgan fingerprint density at radius 2 is 2.00 bits per heavy atom. The number of nitrogens with zero attached hydrogens (tertiary/aromatic N) is 2. The zero-order chi connectivity index (χ0) is 20.6. The fourth-order valence-electron chi connectivity index (χ4n) is 3.47. The van der Waals surface area contributed by atoms with Crippen LogP contribution in [0.1, 0.15) is 30.2 Å². The molecule has 0 radical (unpaired) electrons. The highest BCUT2D eigenvalue weighted by atomic mass is 32.2. The first-order chi connectivity index (χ1) is 13.9. The van der Waals surface area contributed by atoms with Crippen LogP contribution in [-0.2, 0) is 12.8 Å². The Balaban J connectivity index is 1.81. The van der Waals surface area contributed by atoms with Crippen LogP contribution >= 0.6 is 23.1 Å². The fraction of sp³-hybridized carbons (Fsp3) is 0.400. The summed E-state index contributed by atoms with van der Waals surface area (Å²) >= 11 is 2.45. The smallest absolute Gasteiger partial charge is 0.389 e. The number of aryl methyl sites for hydroxylation is 2. The zero-order valence-corrected chi connectivity index (χ0v) is 17.3. The molecule has 4 nitrogen and oxygen atoms in total. The number of benzene rings is 1. The van der Waals surface area contributed by atoms with Crippen molar-refractivity contribution in [1.82, 2.24) is 9.55 Å². The van der Waals surface area contributed by atoms with E-state index in [1.807, 2.05) is 6.92 Å². The predicted octanol–water partition coefficient (Wildman–Crippen LogP) is 5.38. The van der Waals surface area contributed by atoms with Crippen LogP contribution < -0.4 is 10.3 Å². The summed E-state index contributed by atoms with van der Waals surface area (Å²) in [6, 6.07) is 6.97. The van der Waals surface area contributed by atoms with Crippen molar-refractivity contribution in [3.63, 3.8) is 0 Å². The molecule has 1 aliphatic carbocycles. The molecule has 0 bridgehead atoms. The fourth-order valence-corrected chi connectivity index (χ4v) is 5.76. The Labute approximate surface area is 173 Å². The Morgan fingerprint density at radius 1 is 1.24 bits per heavy atom. The highest BCUT2D eigenvalue weighted by molar-refractivity contribution is 7.99. The number of ether oxygens (including phenoxy) is 1. The van der Waals surface area contributed by atoms with Gasteiger partial charge in [0.05, 0.1) is 24.1 Å². The van der Waals surface area contributed by atoms with E-state index in [-0.39, 0.29) is 16.5 Å². The van der Waals surface area contributed by atoms with Crippen LogP contribution in [0.2, 0.25) is 0 Å². The normalized spacial score (nSPS) is 13.8. The number of halogens is 3. The topological polar surface area (TPSA) is 44.1 Å². The second-order valence-corrected chi connectivity index (χ2v) is 8.86. The summed E-state index contributed by atoms with van der Waals surface area (Å²) in [6.07, 6.45) is -2.39. The quantitative estimate of drug-likeness (QED) is 0.381. The molecule has 0 atom stereocenters. The Hall–Kier alpha value is -2.00. The van der Waals surface area contributed by atoms with E-state index in [0.29, 0.717) is 28.3 Å². The van der Waals surface area contributed by atoms with Crippen LogP contribution in [0.3, 0.4) is 0 Å². The van der Waals surface area contributed by atoms with Crippen molar-refractivity contribution in [2.45, 2.75) is 43.9 Å². The zero-order valence-electron chi connectivity index (χ0n) is 15.7. The number of alkyl halides is 3.